The summed E-state index contributed by atoms with van der Waals surface area (Å²) in [6, 6.07) is 13.2. The fourth-order valence-corrected chi connectivity index (χ4v) is 3.65. The van der Waals surface area contributed by atoms with Crippen LogP contribution in [0.5, 0.6) is 5.75 Å². The van der Waals surface area contributed by atoms with Crippen LogP contribution in [0.15, 0.2) is 53.4 Å². The van der Waals surface area contributed by atoms with Crippen molar-refractivity contribution < 1.29 is 23.1 Å². The number of aryl methyl sites for hydroxylation is 1. The average Bonchev–Trinajstić information content (AvgIpc) is 2.55. The zero-order chi connectivity index (χ0) is 18.4. The molecule has 0 aliphatic heterocycles. The van der Waals surface area contributed by atoms with E-state index in [0.29, 0.717) is 12.2 Å². The molecule has 0 aliphatic carbocycles. The van der Waals surface area contributed by atoms with Crippen molar-refractivity contribution in [2.75, 3.05) is 6.61 Å². The van der Waals surface area contributed by atoms with Crippen LogP contribution in [0.2, 0.25) is 0 Å². The molecule has 0 saturated carbocycles. The van der Waals surface area contributed by atoms with E-state index in [-0.39, 0.29) is 10.9 Å². The van der Waals surface area contributed by atoms with E-state index in [1.165, 1.54) is 24.3 Å². The number of nitrogens with one attached hydrogen (secondary N) is 1. The highest BCUT2D eigenvalue weighted by Gasteiger charge is 2.18. The summed E-state index contributed by atoms with van der Waals surface area (Å²) < 4.78 is 32.5. The van der Waals surface area contributed by atoms with E-state index in [0.717, 1.165) is 11.1 Å². The molecule has 0 radical (unpaired) electrons. The van der Waals surface area contributed by atoms with Crippen LogP contribution in [-0.2, 0) is 21.2 Å². The fourth-order valence-electron chi connectivity index (χ4n) is 2.40. The molecular weight excluding hydrogens is 342 g/mol. The van der Waals surface area contributed by atoms with Gasteiger partial charge < -0.3 is 9.84 Å². The Labute approximate surface area is 147 Å². The van der Waals surface area contributed by atoms with Crippen LogP contribution >= 0.6 is 0 Å². The van der Waals surface area contributed by atoms with Crippen LogP contribution in [0.3, 0.4) is 0 Å². The Morgan fingerprint density at radius 3 is 2.40 bits per heavy atom. The number of sulfonamides is 1. The van der Waals surface area contributed by atoms with Gasteiger partial charge in [-0.3, -0.25) is 0 Å². The summed E-state index contributed by atoms with van der Waals surface area (Å²) in [4.78, 5) is 10.6. The molecule has 0 saturated heterocycles. The molecule has 2 N–H and O–H groups in total. The van der Waals surface area contributed by atoms with Crippen molar-refractivity contribution >= 4 is 16.0 Å². The minimum atomic E-state index is -3.66. The van der Waals surface area contributed by atoms with E-state index in [4.69, 9.17) is 9.84 Å². The van der Waals surface area contributed by atoms with Crippen LogP contribution in [0.4, 0.5) is 0 Å². The van der Waals surface area contributed by atoms with Crippen LogP contribution in [0, 0.1) is 6.92 Å². The first-order valence-corrected chi connectivity index (χ1v) is 9.28. The van der Waals surface area contributed by atoms with E-state index in [1.807, 2.05) is 38.1 Å². The smallest absolute Gasteiger partial charge is 0.341 e. The number of carboxylic acid groups (broad SMARTS) is 1. The fraction of sp³-hybridized carbons (Fsp3) is 0.278. The zero-order valence-corrected chi connectivity index (χ0v) is 14.9. The molecule has 6 nitrogen and oxygen atoms in total. The first-order valence-electron chi connectivity index (χ1n) is 7.79. The molecule has 0 aliphatic rings. The predicted molar refractivity (Wildman–Crippen MR) is 94.2 cm³/mol. The Hall–Kier alpha value is -2.38. The summed E-state index contributed by atoms with van der Waals surface area (Å²) in [5.41, 5.74) is 2.21. The van der Waals surface area contributed by atoms with Crippen molar-refractivity contribution in [2.45, 2.75) is 31.2 Å². The first kappa shape index (κ1) is 19.0. The van der Waals surface area contributed by atoms with Gasteiger partial charge in [0, 0.05) is 6.04 Å². The minimum Gasteiger partial charge on any atom is -0.482 e. The highest BCUT2D eigenvalue weighted by Crippen LogP contribution is 2.17. The van der Waals surface area contributed by atoms with Gasteiger partial charge in [-0.1, -0.05) is 24.3 Å². The van der Waals surface area contributed by atoms with Crippen molar-refractivity contribution in [1.29, 1.82) is 0 Å². The predicted octanol–water partition coefficient (Wildman–Crippen LogP) is 2.37. The van der Waals surface area contributed by atoms with Gasteiger partial charge in [-0.15, -0.1) is 0 Å². The summed E-state index contributed by atoms with van der Waals surface area (Å²) >= 11 is 0. The Morgan fingerprint density at radius 1 is 1.16 bits per heavy atom. The second-order valence-electron chi connectivity index (χ2n) is 5.81. The summed E-state index contributed by atoms with van der Waals surface area (Å²) in [5.74, 6) is -0.794. The molecule has 0 aromatic heterocycles. The molecule has 2 aromatic carbocycles. The molecule has 7 heteroatoms. The standard InChI is InChI=1S/C18H21NO5S/c1-13-5-3-4-6-15(13)11-14(2)19-25(22,23)17-9-7-16(8-10-17)24-12-18(20)21/h3-10,14,19H,11-12H2,1-2H3,(H,20,21). The van der Waals surface area contributed by atoms with Crippen LogP contribution in [-0.4, -0.2) is 32.1 Å². The van der Waals surface area contributed by atoms with Gasteiger partial charge in [0.2, 0.25) is 10.0 Å². The second-order valence-corrected chi connectivity index (χ2v) is 7.52. The number of ether oxygens (including phenoxy) is 1. The number of aliphatic carboxylic acids is 1. The van der Waals surface area contributed by atoms with Gasteiger partial charge in [-0.2, -0.15) is 0 Å². The number of hydrogen-bond donors (Lipinski definition) is 2. The number of carboxylic acids is 1. The maximum Gasteiger partial charge on any atom is 0.341 e. The van der Waals surface area contributed by atoms with E-state index in [2.05, 4.69) is 4.72 Å². The third kappa shape index (κ3) is 5.58. The zero-order valence-electron chi connectivity index (χ0n) is 14.1. The number of hydrogen-bond acceptors (Lipinski definition) is 4. The number of benzene rings is 2. The van der Waals surface area contributed by atoms with Crippen molar-refractivity contribution in [3.8, 4) is 5.75 Å². The largest absolute Gasteiger partial charge is 0.482 e. The molecule has 25 heavy (non-hydrogen) atoms. The van der Waals surface area contributed by atoms with E-state index >= 15 is 0 Å². The van der Waals surface area contributed by atoms with E-state index < -0.39 is 22.6 Å². The number of rotatable bonds is 8. The lowest BCUT2D eigenvalue weighted by atomic mass is 10.0. The molecule has 0 bridgehead atoms. The van der Waals surface area contributed by atoms with Gasteiger partial charge in [0.15, 0.2) is 6.61 Å². The third-order valence-corrected chi connectivity index (χ3v) is 5.25. The van der Waals surface area contributed by atoms with Crippen molar-refractivity contribution in [3.05, 3.63) is 59.7 Å². The van der Waals surface area contributed by atoms with E-state index in [1.54, 1.807) is 0 Å². The topological polar surface area (TPSA) is 92.7 Å². The third-order valence-electron chi connectivity index (χ3n) is 3.64. The lowest BCUT2D eigenvalue weighted by Crippen LogP contribution is -2.34. The molecule has 0 spiro atoms. The Balaban J connectivity index is 2.03. The van der Waals surface area contributed by atoms with Crippen molar-refractivity contribution in [3.63, 3.8) is 0 Å². The molecule has 0 fully saturated rings. The van der Waals surface area contributed by atoms with Gasteiger partial charge in [-0.25, -0.2) is 17.9 Å². The molecule has 2 rings (SSSR count). The molecular formula is C18H21NO5S. The number of carbonyl (C=O) groups is 1. The first-order chi connectivity index (χ1) is 11.8. The lowest BCUT2D eigenvalue weighted by molar-refractivity contribution is -0.139. The highest BCUT2D eigenvalue weighted by atomic mass is 32.2. The minimum absolute atomic E-state index is 0.104. The molecule has 1 unspecified atom stereocenters. The molecule has 2 aromatic rings. The van der Waals surface area contributed by atoms with Crippen molar-refractivity contribution in [2.24, 2.45) is 0 Å². The summed E-state index contributed by atoms with van der Waals surface area (Å²) in [6.45, 7) is 3.33. The normalized spacial score (nSPS) is 12.6. The Morgan fingerprint density at radius 2 is 1.80 bits per heavy atom. The van der Waals surface area contributed by atoms with Gasteiger partial charge in [0.1, 0.15) is 5.75 Å². The van der Waals surface area contributed by atoms with Crippen molar-refractivity contribution in [1.82, 2.24) is 4.72 Å². The lowest BCUT2D eigenvalue weighted by Gasteiger charge is -2.16. The maximum atomic E-state index is 12.4. The SMILES string of the molecule is Cc1ccccc1CC(C)NS(=O)(=O)c1ccc(OCC(=O)O)cc1. The van der Waals surface area contributed by atoms with Gasteiger partial charge in [0.25, 0.3) is 0 Å². The maximum absolute atomic E-state index is 12.4. The molecule has 0 amide bonds. The summed E-state index contributed by atoms with van der Waals surface area (Å²) in [5, 5.41) is 8.57. The molecule has 1 atom stereocenters. The van der Waals surface area contributed by atoms with Gasteiger partial charge >= 0.3 is 5.97 Å². The van der Waals surface area contributed by atoms with E-state index in [9.17, 15) is 13.2 Å². The van der Waals surface area contributed by atoms with Crippen LogP contribution < -0.4 is 9.46 Å². The Bertz CT molecular complexity index is 831. The van der Waals surface area contributed by atoms with Gasteiger partial charge in [0.05, 0.1) is 4.90 Å². The monoisotopic (exact) mass is 363 g/mol. The second kappa shape index (κ2) is 8.13. The quantitative estimate of drug-likeness (QED) is 0.751. The summed E-state index contributed by atoms with van der Waals surface area (Å²) in [7, 11) is -3.66. The average molecular weight is 363 g/mol. The highest BCUT2D eigenvalue weighted by molar-refractivity contribution is 7.89. The van der Waals surface area contributed by atoms with Gasteiger partial charge in [-0.05, 0) is 55.7 Å². The molecule has 134 valence electrons. The summed E-state index contributed by atoms with van der Waals surface area (Å²) in [6.07, 6.45) is 0.589. The van der Waals surface area contributed by atoms with Crippen LogP contribution in [0.1, 0.15) is 18.1 Å². The van der Waals surface area contributed by atoms with Crippen LogP contribution in [0.25, 0.3) is 0 Å². The Kier molecular flexibility index (Phi) is 6.17. The molecule has 0 heterocycles.